The summed E-state index contributed by atoms with van der Waals surface area (Å²) in [6.45, 7) is 5.46. The monoisotopic (exact) mass is 550 g/mol. The zero-order valence-corrected chi connectivity index (χ0v) is 21.1. The average molecular weight is 551 g/mol. The molecule has 2 unspecified atom stereocenters. The number of hydrogen-bond acceptors (Lipinski definition) is 5. The van der Waals surface area contributed by atoms with E-state index in [0.29, 0.717) is 18.9 Å². The number of piperidine rings is 1. The fraction of sp³-hybridized carbons (Fsp3) is 0.667. The molecule has 0 radical (unpaired) electrons. The highest BCUT2D eigenvalue weighted by molar-refractivity contribution is 14.0. The number of guanidine groups is 1. The van der Waals surface area contributed by atoms with E-state index in [2.05, 4.69) is 21.6 Å². The average Bonchev–Trinajstić information content (AvgIpc) is 3.07. The van der Waals surface area contributed by atoms with Gasteiger partial charge < -0.3 is 15.4 Å². The third-order valence-corrected chi connectivity index (χ3v) is 7.44. The van der Waals surface area contributed by atoms with Crippen LogP contribution in [0.25, 0.3) is 0 Å². The zero-order valence-electron chi connectivity index (χ0n) is 18.0. The van der Waals surface area contributed by atoms with Gasteiger partial charge in [0.05, 0.1) is 31.2 Å². The number of aliphatic imine (C=N–C) groups is 1. The molecule has 0 saturated carbocycles. The van der Waals surface area contributed by atoms with Gasteiger partial charge in [0.2, 0.25) is 0 Å². The molecule has 30 heavy (non-hydrogen) atoms. The molecule has 0 spiro atoms. The number of para-hydroxylation sites is 1. The van der Waals surface area contributed by atoms with Gasteiger partial charge >= 0.3 is 0 Å². The Morgan fingerprint density at radius 2 is 2.00 bits per heavy atom. The molecule has 2 heterocycles. The maximum atomic E-state index is 11.8. The molecule has 2 atom stereocenters. The fourth-order valence-electron chi connectivity index (χ4n) is 4.18. The van der Waals surface area contributed by atoms with Gasteiger partial charge in [-0.1, -0.05) is 24.6 Å². The van der Waals surface area contributed by atoms with Crippen molar-refractivity contribution in [2.24, 2.45) is 4.99 Å². The minimum Gasteiger partial charge on any atom is -0.496 e. The van der Waals surface area contributed by atoms with Crippen LogP contribution >= 0.6 is 24.0 Å². The van der Waals surface area contributed by atoms with Crippen LogP contribution in [0.4, 0.5) is 0 Å². The van der Waals surface area contributed by atoms with Gasteiger partial charge in [0, 0.05) is 18.2 Å². The summed E-state index contributed by atoms with van der Waals surface area (Å²) in [7, 11) is -1.22. The van der Waals surface area contributed by atoms with Crippen LogP contribution in [-0.4, -0.2) is 70.1 Å². The molecule has 2 aliphatic heterocycles. The van der Waals surface area contributed by atoms with Crippen molar-refractivity contribution >= 4 is 39.8 Å². The molecule has 3 rings (SSSR count). The van der Waals surface area contributed by atoms with Crippen molar-refractivity contribution in [2.75, 3.05) is 44.8 Å². The van der Waals surface area contributed by atoms with Gasteiger partial charge in [-0.15, -0.1) is 24.0 Å². The van der Waals surface area contributed by atoms with Crippen molar-refractivity contribution in [1.82, 2.24) is 15.5 Å². The van der Waals surface area contributed by atoms with E-state index in [1.54, 1.807) is 7.11 Å². The van der Waals surface area contributed by atoms with Crippen molar-refractivity contribution in [3.05, 3.63) is 29.8 Å². The number of nitrogens with one attached hydrogen (secondary N) is 2. The Balaban J connectivity index is 0.00000320. The van der Waals surface area contributed by atoms with Gasteiger partial charge in [-0.2, -0.15) is 0 Å². The Morgan fingerprint density at radius 1 is 1.27 bits per heavy atom. The number of benzene rings is 1. The van der Waals surface area contributed by atoms with Crippen LogP contribution in [0.1, 0.15) is 44.2 Å². The van der Waals surface area contributed by atoms with Gasteiger partial charge in [-0.3, -0.25) is 9.89 Å². The molecule has 1 aromatic carbocycles. The lowest BCUT2D eigenvalue weighted by Crippen LogP contribution is -2.44. The molecule has 2 fully saturated rings. The van der Waals surface area contributed by atoms with Crippen LogP contribution < -0.4 is 15.4 Å². The number of halogens is 1. The molecule has 2 saturated heterocycles. The van der Waals surface area contributed by atoms with Crippen molar-refractivity contribution in [3.63, 3.8) is 0 Å². The van der Waals surface area contributed by atoms with Gasteiger partial charge in [-0.25, -0.2) is 8.42 Å². The first-order valence-corrected chi connectivity index (χ1v) is 12.5. The molecular formula is C21H35IN4O3S. The summed E-state index contributed by atoms with van der Waals surface area (Å²) < 4.78 is 29.2. The summed E-state index contributed by atoms with van der Waals surface area (Å²) in [4.78, 5) is 7.35. The maximum absolute atomic E-state index is 11.8. The summed E-state index contributed by atoms with van der Waals surface area (Å²) in [6, 6.07) is 8.23. The highest BCUT2D eigenvalue weighted by atomic mass is 127. The molecule has 1 aromatic rings. The Kier molecular flexibility index (Phi) is 10.2. The highest BCUT2D eigenvalue weighted by Gasteiger charge is 2.29. The van der Waals surface area contributed by atoms with E-state index in [9.17, 15) is 8.42 Å². The largest absolute Gasteiger partial charge is 0.496 e. The standard InChI is InChI=1S/C21H34N4O3S.HI/c1-3-22-21(24-17-11-14-29(26,27)16-17)23-15-19(25-12-7-4-8-13-25)18-9-5-6-10-20(18)28-2;/h5-6,9-10,17,19H,3-4,7-8,11-16H2,1-2H3,(H2,22,23,24);1H. The van der Waals surface area contributed by atoms with E-state index in [0.717, 1.165) is 30.9 Å². The molecule has 170 valence electrons. The van der Waals surface area contributed by atoms with Crippen molar-refractivity contribution < 1.29 is 13.2 Å². The lowest BCUT2D eigenvalue weighted by molar-refractivity contribution is 0.165. The number of hydrogen-bond donors (Lipinski definition) is 2. The SMILES string of the molecule is CCNC(=NCC(c1ccccc1OC)N1CCCCC1)NC1CCS(=O)(=O)C1.I. The smallest absolute Gasteiger partial charge is 0.191 e. The van der Waals surface area contributed by atoms with E-state index in [4.69, 9.17) is 9.73 Å². The summed E-state index contributed by atoms with van der Waals surface area (Å²) in [5, 5.41) is 6.59. The quantitative estimate of drug-likeness (QED) is 0.309. The Morgan fingerprint density at radius 3 is 2.63 bits per heavy atom. The third-order valence-electron chi connectivity index (χ3n) is 5.67. The fourth-order valence-corrected chi connectivity index (χ4v) is 5.86. The third kappa shape index (κ3) is 6.98. The van der Waals surface area contributed by atoms with E-state index in [1.807, 2.05) is 25.1 Å². The van der Waals surface area contributed by atoms with E-state index < -0.39 is 9.84 Å². The van der Waals surface area contributed by atoms with E-state index in [1.165, 1.54) is 19.3 Å². The number of likely N-dealkylation sites (tertiary alicyclic amines) is 1. The van der Waals surface area contributed by atoms with Gasteiger partial charge in [0.25, 0.3) is 0 Å². The normalized spacial score (nSPS) is 22.7. The number of rotatable bonds is 7. The predicted molar refractivity (Wildman–Crippen MR) is 133 cm³/mol. The van der Waals surface area contributed by atoms with E-state index in [-0.39, 0.29) is 47.6 Å². The molecule has 0 aromatic heterocycles. The Hall–Kier alpha value is -1.07. The second-order valence-electron chi connectivity index (χ2n) is 7.82. The number of nitrogens with zero attached hydrogens (tertiary/aromatic N) is 2. The lowest BCUT2D eigenvalue weighted by atomic mass is 10.0. The van der Waals surface area contributed by atoms with Gasteiger partial charge in [-0.05, 0) is 45.3 Å². The van der Waals surface area contributed by atoms with Crippen molar-refractivity contribution in [1.29, 1.82) is 0 Å². The van der Waals surface area contributed by atoms with Crippen molar-refractivity contribution in [3.8, 4) is 5.75 Å². The van der Waals surface area contributed by atoms with Crippen LogP contribution in [0.5, 0.6) is 5.75 Å². The number of sulfone groups is 1. The van der Waals surface area contributed by atoms with Gasteiger partial charge in [0.1, 0.15) is 5.75 Å². The van der Waals surface area contributed by atoms with Crippen LogP contribution in [0.3, 0.4) is 0 Å². The topological polar surface area (TPSA) is 83.0 Å². The second kappa shape index (κ2) is 12.1. The summed E-state index contributed by atoms with van der Waals surface area (Å²) in [6.07, 6.45) is 4.31. The number of methoxy groups -OCH3 is 1. The molecule has 0 bridgehead atoms. The zero-order chi connectivity index (χ0) is 20.7. The Labute approximate surface area is 198 Å². The molecule has 9 heteroatoms. The molecule has 2 N–H and O–H groups in total. The summed E-state index contributed by atoms with van der Waals surface area (Å²) in [5.74, 6) is 2.01. The molecule has 0 amide bonds. The molecule has 2 aliphatic rings. The van der Waals surface area contributed by atoms with Crippen LogP contribution in [0.2, 0.25) is 0 Å². The van der Waals surface area contributed by atoms with E-state index >= 15 is 0 Å². The molecular weight excluding hydrogens is 515 g/mol. The highest BCUT2D eigenvalue weighted by Crippen LogP contribution is 2.31. The van der Waals surface area contributed by atoms with Crippen LogP contribution in [0.15, 0.2) is 29.3 Å². The minimum absolute atomic E-state index is 0. The summed E-state index contributed by atoms with van der Waals surface area (Å²) in [5.41, 5.74) is 1.15. The predicted octanol–water partition coefficient (Wildman–Crippen LogP) is 2.58. The molecule has 0 aliphatic carbocycles. The first kappa shape index (κ1) is 25.2. The molecule has 7 nitrogen and oxygen atoms in total. The lowest BCUT2D eigenvalue weighted by Gasteiger charge is -2.34. The maximum Gasteiger partial charge on any atom is 0.191 e. The Bertz CT molecular complexity index is 797. The van der Waals surface area contributed by atoms with Crippen molar-refractivity contribution in [2.45, 2.75) is 44.7 Å². The second-order valence-corrected chi connectivity index (χ2v) is 10.0. The first-order chi connectivity index (χ1) is 14.0. The number of ether oxygens (including phenoxy) is 1. The van der Waals surface area contributed by atoms with Crippen LogP contribution in [-0.2, 0) is 9.84 Å². The van der Waals surface area contributed by atoms with Crippen LogP contribution in [0, 0.1) is 0 Å². The first-order valence-electron chi connectivity index (χ1n) is 10.6. The summed E-state index contributed by atoms with van der Waals surface area (Å²) >= 11 is 0. The van der Waals surface area contributed by atoms with Gasteiger partial charge in [0.15, 0.2) is 15.8 Å². The minimum atomic E-state index is -2.93.